The van der Waals surface area contributed by atoms with E-state index < -0.39 is 10.0 Å². The highest BCUT2D eigenvalue weighted by Gasteiger charge is 2.13. The fraction of sp³-hybridized carbons (Fsp3) is 0.500. The molecule has 0 saturated heterocycles. The van der Waals surface area contributed by atoms with Crippen molar-refractivity contribution < 1.29 is 17.9 Å². The van der Waals surface area contributed by atoms with Gasteiger partial charge in [0.25, 0.3) is 0 Å². The molecule has 0 aliphatic rings. The van der Waals surface area contributed by atoms with Crippen LogP contribution in [0.1, 0.15) is 38.2 Å². The van der Waals surface area contributed by atoms with Crippen LogP contribution in [-0.2, 0) is 19.6 Å². The van der Waals surface area contributed by atoms with Crippen LogP contribution in [0.3, 0.4) is 0 Å². The van der Waals surface area contributed by atoms with Crippen LogP contribution in [0.4, 0.5) is 0 Å². The molecule has 0 amide bonds. The van der Waals surface area contributed by atoms with Crippen LogP contribution in [0.25, 0.3) is 0 Å². The first-order valence-corrected chi connectivity index (χ1v) is 8.01. The van der Waals surface area contributed by atoms with Crippen molar-refractivity contribution >= 4 is 16.0 Å². The molecule has 20 heavy (non-hydrogen) atoms. The molecule has 0 heterocycles. The van der Waals surface area contributed by atoms with Crippen LogP contribution in [-0.4, -0.2) is 28.0 Å². The van der Waals surface area contributed by atoms with Gasteiger partial charge in [0.15, 0.2) is 0 Å². The van der Waals surface area contributed by atoms with Gasteiger partial charge in [0.2, 0.25) is 10.0 Å². The highest BCUT2D eigenvalue weighted by Crippen LogP contribution is 2.17. The maximum atomic E-state index is 12.0. The molecule has 1 aromatic carbocycles. The van der Waals surface area contributed by atoms with Crippen molar-refractivity contribution in [2.75, 3.05) is 13.7 Å². The van der Waals surface area contributed by atoms with E-state index in [2.05, 4.69) is 23.3 Å². The minimum atomic E-state index is -3.51. The van der Waals surface area contributed by atoms with Crippen molar-refractivity contribution in [3.63, 3.8) is 0 Å². The Balaban J connectivity index is 2.58. The second kappa shape index (κ2) is 7.40. The summed E-state index contributed by atoms with van der Waals surface area (Å²) in [7, 11) is -2.20. The molecule has 0 aromatic heterocycles. The Bertz CT molecular complexity index is 535. The number of rotatable bonds is 7. The Kier molecular flexibility index (Phi) is 6.16. The minimum absolute atomic E-state index is 0.200. The molecular weight excluding hydrogens is 278 g/mol. The van der Waals surface area contributed by atoms with Crippen LogP contribution in [0.2, 0.25) is 0 Å². The third-order valence-corrected chi connectivity index (χ3v) is 4.41. The number of carbonyl (C=O) groups is 1. The lowest BCUT2D eigenvalue weighted by Crippen LogP contribution is -2.25. The van der Waals surface area contributed by atoms with Crippen LogP contribution < -0.4 is 4.72 Å². The number of esters is 1. The second-order valence-electron chi connectivity index (χ2n) is 4.80. The van der Waals surface area contributed by atoms with Crippen LogP contribution in [0, 0.1) is 0 Å². The molecule has 1 rings (SSSR count). The SMILES string of the molecule is COC(=O)CCCNS(=O)(=O)c1ccc(C(C)C)cc1. The lowest BCUT2D eigenvalue weighted by Gasteiger charge is -2.09. The van der Waals surface area contributed by atoms with E-state index in [0.717, 1.165) is 5.56 Å². The quantitative estimate of drug-likeness (QED) is 0.618. The number of benzene rings is 1. The topological polar surface area (TPSA) is 72.5 Å². The summed E-state index contributed by atoms with van der Waals surface area (Å²) < 4.78 is 31.0. The normalized spacial score (nSPS) is 11.6. The van der Waals surface area contributed by atoms with E-state index >= 15 is 0 Å². The van der Waals surface area contributed by atoms with Gasteiger partial charge in [0.1, 0.15) is 0 Å². The monoisotopic (exact) mass is 299 g/mol. The van der Waals surface area contributed by atoms with E-state index in [1.807, 2.05) is 12.1 Å². The lowest BCUT2D eigenvalue weighted by molar-refractivity contribution is -0.140. The van der Waals surface area contributed by atoms with Gasteiger partial charge >= 0.3 is 5.97 Å². The van der Waals surface area contributed by atoms with Gasteiger partial charge in [0, 0.05) is 13.0 Å². The number of ether oxygens (including phenoxy) is 1. The second-order valence-corrected chi connectivity index (χ2v) is 6.57. The maximum absolute atomic E-state index is 12.0. The first-order chi connectivity index (χ1) is 9.36. The summed E-state index contributed by atoms with van der Waals surface area (Å²) in [6, 6.07) is 6.82. The third kappa shape index (κ3) is 4.94. The highest BCUT2D eigenvalue weighted by atomic mass is 32.2. The molecule has 0 unspecified atom stereocenters. The summed E-state index contributed by atoms with van der Waals surface area (Å²) in [6.45, 7) is 4.31. The van der Waals surface area contributed by atoms with E-state index in [0.29, 0.717) is 12.3 Å². The fourth-order valence-electron chi connectivity index (χ4n) is 1.66. The molecule has 1 aromatic rings. The largest absolute Gasteiger partial charge is 0.469 e. The van der Waals surface area contributed by atoms with Gasteiger partial charge in [-0.3, -0.25) is 4.79 Å². The molecule has 0 bridgehead atoms. The third-order valence-electron chi connectivity index (χ3n) is 2.93. The summed E-state index contributed by atoms with van der Waals surface area (Å²) in [5, 5.41) is 0. The number of methoxy groups -OCH3 is 1. The van der Waals surface area contributed by atoms with Gasteiger partial charge in [-0.05, 0) is 30.0 Å². The molecule has 0 aliphatic heterocycles. The van der Waals surface area contributed by atoms with Gasteiger partial charge in [-0.15, -0.1) is 0 Å². The fourth-order valence-corrected chi connectivity index (χ4v) is 2.73. The van der Waals surface area contributed by atoms with Crippen molar-refractivity contribution in [1.29, 1.82) is 0 Å². The number of nitrogens with one attached hydrogen (secondary N) is 1. The van der Waals surface area contributed by atoms with E-state index in [1.54, 1.807) is 12.1 Å². The summed E-state index contributed by atoms with van der Waals surface area (Å²) in [4.78, 5) is 11.1. The first-order valence-electron chi connectivity index (χ1n) is 6.53. The molecular formula is C14H21NO4S. The van der Waals surface area contributed by atoms with Crippen molar-refractivity contribution in [2.24, 2.45) is 0 Å². The van der Waals surface area contributed by atoms with Crippen molar-refractivity contribution in [3.05, 3.63) is 29.8 Å². The highest BCUT2D eigenvalue weighted by molar-refractivity contribution is 7.89. The van der Waals surface area contributed by atoms with E-state index in [1.165, 1.54) is 7.11 Å². The average molecular weight is 299 g/mol. The molecule has 0 saturated carbocycles. The van der Waals surface area contributed by atoms with E-state index in [9.17, 15) is 13.2 Å². The van der Waals surface area contributed by atoms with Gasteiger partial charge < -0.3 is 4.74 Å². The molecule has 0 aliphatic carbocycles. The summed E-state index contributed by atoms with van der Waals surface area (Å²) in [5.74, 6) is 0.0188. The smallest absolute Gasteiger partial charge is 0.305 e. The molecule has 0 fully saturated rings. The summed E-state index contributed by atoms with van der Waals surface area (Å²) in [5.41, 5.74) is 1.09. The van der Waals surface area contributed by atoms with E-state index in [4.69, 9.17) is 0 Å². The molecule has 0 spiro atoms. The van der Waals surface area contributed by atoms with Crippen LogP contribution in [0.5, 0.6) is 0 Å². The summed E-state index contributed by atoms with van der Waals surface area (Å²) in [6.07, 6.45) is 0.612. The van der Waals surface area contributed by atoms with Crippen LogP contribution in [0.15, 0.2) is 29.2 Å². The molecule has 0 atom stereocenters. The predicted molar refractivity (Wildman–Crippen MR) is 77.0 cm³/mol. The molecule has 1 N–H and O–H groups in total. The number of carbonyl (C=O) groups excluding carboxylic acids is 1. The first kappa shape index (κ1) is 16.7. The zero-order valence-corrected chi connectivity index (χ0v) is 12.9. The van der Waals surface area contributed by atoms with Gasteiger partial charge in [-0.25, -0.2) is 13.1 Å². The molecule has 6 heteroatoms. The number of hydrogen-bond donors (Lipinski definition) is 1. The number of hydrogen-bond acceptors (Lipinski definition) is 4. The van der Waals surface area contributed by atoms with E-state index in [-0.39, 0.29) is 23.8 Å². The average Bonchev–Trinajstić information content (AvgIpc) is 2.43. The van der Waals surface area contributed by atoms with Gasteiger partial charge in [-0.1, -0.05) is 26.0 Å². The Morgan fingerprint density at radius 2 is 1.85 bits per heavy atom. The van der Waals surface area contributed by atoms with Crippen molar-refractivity contribution in [1.82, 2.24) is 4.72 Å². The van der Waals surface area contributed by atoms with Crippen molar-refractivity contribution in [2.45, 2.75) is 37.5 Å². The Hall–Kier alpha value is -1.40. The molecule has 5 nitrogen and oxygen atoms in total. The summed E-state index contributed by atoms with van der Waals surface area (Å²) >= 11 is 0. The van der Waals surface area contributed by atoms with Gasteiger partial charge in [0.05, 0.1) is 12.0 Å². The van der Waals surface area contributed by atoms with Crippen LogP contribution >= 0.6 is 0 Å². The standard InChI is InChI=1S/C14H21NO4S/c1-11(2)12-6-8-13(9-7-12)20(17,18)15-10-4-5-14(16)19-3/h6-9,11,15H,4-5,10H2,1-3H3. The van der Waals surface area contributed by atoms with Gasteiger partial charge in [-0.2, -0.15) is 0 Å². The zero-order chi connectivity index (χ0) is 15.2. The Morgan fingerprint density at radius 1 is 1.25 bits per heavy atom. The minimum Gasteiger partial charge on any atom is -0.469 e. The molecule has 0 radical (unpaired) electrons. The Morgan fingerprint density at radius 3 is 2.35 bits per heavy atom. The molecule has 112 valence electrons. The zero-order valence-electron chi connectivity index (χ0n) is 12.0. The van der Waals surface area contributed by atoms with Crippen molar-refractivity contribution in [3.8, 4) is 0 Å². The Labute approximate surface area is 120 Å². The number of sulfonamides is 1. The predicted octanol–water partition coefficient (Wildman–Crippen LogP) is 2.04. The maximum Gasteiger partial charge on any atom is 0.305 e. The lowest BCUT2D eigenvalue weighted by atomic mass is 10.0.